The molecule has 2 aromatic carbocycles. The number of hydrogen-bond acceptors (Lipinski definition) is 6. The van der Waals surface area contributed by atoms with Crippen LogP contribution >= 0.6 is 15.9 Å². The lowest BCUT2D eigenvalue weighted by atomic mass is 10.1. The van der Waals surface area contributed by atoms with Crippen LogP contribution in [0.15, 0.2) is 59.3 Å². The Labute approximate surface area is 202 Å². The Bertz CT molecular complexity index is 1190. The second-order valence-corrected chi connectivity index (χ2v) is 8.53. The summed E-state index contributed by atoms with van der Waals surface area (Å²) in [5.74, 6) is -0.535. The Morgan fingerprint density at radius 2 is 1.88 bits per heavy atom. The zero-order valence-corrected chi connectivity index (χ0v) is 19.8. The van der Waals surface area contributed by atoms with Crippen molar-refractivity contribution in [2.45, 2.75) is 25.8 Å². The zero-order valence-electron chi connectivity index (χ0n) is 18.2. The Morgan fingerprint density at radius 3 is 2.56 bits per heavy atom. The summed E-state index contributed by atoms with van der Waals surface area (Å²) < 4.78 is 40.6. The van der Waals surface area contributed by atoms with Crippen LogP contribution in [0.2, 0.25) is 0 Å². The van der Waals surface area contributed by atoms with Crippen molar-refractivity contribution >= 4 is 39.0 Å². The maximum atomic E-state index is 13.4. The summed E-state index contributed by atoms with van der Waals surface area (Å²) >= 11 is 3.17. The fourth-order valence-corrected chi connectivity index (χ4v) is 4.33. The van der Waals surface area contributed by atoms with Crippen LogP contribution in [-0.2, 0) is 12.7 Å². The van der Waals surface area contributed by atoms with E-state index in [1.54, 1.807) is 0 Å². The van der Waals surface area contributed by atoms with Crippen molar-refractivity contribution < 1.29 is 18.0 Å². The molecular formula is C23H22BrF3N6O. The highest BCUT2D eigenvalue weighted by Gasteiger charge is 2.38. The second-order valence-electron chi connectivity index (χ2n) is 7.72. The number of amides is 1. The van der Waals surface area contributed by atoms with E-state index in [1.807, 2.05) is 47.1 Å². The van der Waals surface area contributed by atoms with Gasteiger partial charge in [0, 0.05) is 13.1 Å². The van der Waals surface area contributed by atoms with Crippen molar-refractivity contribution in [3.05, 3.63) is 76.2 Å². The van der Waals surface area contributed by atoms with Crippen LogP contribution in [-0.4, -0.2) is 35.1 Å². The van der Waals surface area contributed by atoms with Gasteiger partial charge in [-0.3, -0.25) is 4.79 Å². The largest absolute Gasteiger partial charge is 0.416 e. The lowest BCUT2D eigenvalue weighted by Gasteiger charge is -2.32. The molecule has 11 heteroatoms. The Hall–Kier alpha value is -3.34. The number of alkyl halides is 3. The average Bonchev–Trinajstić information content (AvgIpc) is 3.10. The highest BCUT2D eigenvalue weighted by atomic mass is 79.9. The standard InChI is InChI=1S/C23H22BrF3N6O/c1-2-32-17-10-15(23(25,26)27)8-9-16(17)33(13-14-6-4-3-5-7-14)19(32)12-30-22(34)20-21(28)29-11-18(24)31-20/h3-11,19H,2,12-13H2,1H3,(H2,28,29)(H,30,34). The minimum absolute atomic E-state index is 0.0151. The van der Waals surface area contributed by atoms with Gasteiger partial charge in [0.05, 0.1) is 29.7 Å². The molecule has 0 fully saturated rings. The van der Waals surface area contributed by atoms with Crippen LogP contribution in [0.25, 0.3) is 0 Å². The molecule has 2 heterocycles. The van der Waals surface area contributed by atoms with E-state index in [9.17, 15) is 18.0 Å². The quantitative estimate of drug-likeness (QED) is 0.486. The highest BCUT2D eigenvalue weighted by Crippen LogP contribution is 2.43. The van der Waals surface area contributed by atoms with Crippen LogP contribution in [0.1, 0.15) is 28.5 Å². The number of fused-ring (bicyclic) bond motifs is 1. The molecule has 34 heavy (non-hydrogen) atoms. The van der Waals surface area contributed by atoms with Gasteiger partial charge in [-0.1, -0.05) is 30.3 Å². The Morgan fingerprint density at radius 1 is 1.15 bits per heavy atom. The lowest BCUT2D eigenvalue weighted by molar-refractivity contribution is -0.137. The first-order valence-corrected chi connectivity index (χ1v) is 11.3. The third kappa shape index (κ3) is 4.79. The number of nitrogens with one attached hydrogen (secondary N) is 1. The number of nitrogens with zero attached hydrogens (tertiary/aromatic N) is 4. The molecule has 1 amide bonds. The molecule has 0 saturated carbocycles. The summed E-state index contributed by atoms with van der Waals surface area (Å²) in [6.45, 7) is 2.89. The molecule has 1 atom stereocenters. The van der Waals surface area contributed by atoms with Crippen LogP contribution in [0.5, 0.6) is 0 Å². The molecular weight excluding hydrogens is 513 g/mol. The number of anilines is 3. The van der Waals surface area contributed by atoms with Gasteiger partial charge >= 0.3 is 6.18 Å². The van der Waals surface area contributed by atoms with Gasteiger partial charge in [0.2, 0.25) is 0 Å². The molecule has 0 radical (unpaired) electrons. The van der Waals surface area contributed by atoms with E-state index in [4.69, 9.17) is 5.73 Å². The summed E-state index contributed by atoms with van der Waals surface area (Å²) in [7, 11) is 0. The number of carbonyl (C=O) groups is 1. The van der Waals surface area contributed by atoms with Crippen molar-refractivity contribution in [1.82, 2.24) is 15.3 Å². The molecule has 1 unspecified atom stereocenters. The van der Waals surface area contributed by atoms with E-state index in [1.165, 1.54) is 12.3 Å². The van der Waals surface area contributed by atoms with Crippen molar-refractivity contribution in [2.75, 3.05) is 28.6 Å². The molecule has 1 aliphatic rings. The van der Waals surface area contributed by atoms with Gasteiger partial charge in [-0.05, 0) is 46.6 Å². The lowest BCUT2D eigenvalue weighted by Crippen LogP contribution is -2.50. The summed E-state index contributed by atoms with van der Waals surface area (Å²) in [4.78, 5) is 24.6. The Balaban J connectivity index is 1.66. The van der Waals surface area contributed by atoms with Crippen molar-refractivity contribution in [1.29, 1.82) is 0 Å². The molecule has 1 aliphatic heterocycles. The van der Waals surface area contributed by atoms with Crippen LogP contribution in [0.3, 0.4) is 0 Å². The number of rotatable bonds is 6. The molecule has 4 rings (SSSR count). The van der Waals surface area contributed by atoms with Gasteiger partial charge in [0.15, 0.2) is 11.5 Å². The molecule has 0 aliphatic carbocycles. The average molecular weight is 535 g/mol. The molecule has 0 saturated heterocycles. The zero-order chi connectivity index (χ0) is 24.5. The number of likely N-dealkylation sites (N-methyl/N-ethyl adjacent to an activating group) is 1. The first-order chi connectivity index (χ1) is 16.2. The van der Waals surface area contributed by atoms with E-state index in [2.05, 4.69) is 31.2 Å². The third-order valence-electron chi connectivity index (χ3n) is 5.61. The molecule has 0 bridgehead atoms. The molecule has 178 valence electrons. The molecule has 0 spiro atoms. The van der Waals surface area contributed by atoms with Crippen LogP contribution in [0, 0.1) is 0 Å². The highest BCUT2D eigenvalue weighted by molar-refractivity contribution is 9.10. The number of aromatic nitrogens is 2. The van der Waals surface area contributed by atoms with Crippen LogP contribution in [0.4, 0.5) is 30.4 Å². The SMILES string of the molecule is CCN1c2cc(C(F)(F)F)ccc2N(Cc2ccccc2)C1CNC(=O)c1nc(Br)cnc1N. The molecule has 3 N–H and O–H groups in total. The third-order valence-corrected chi connectivity index (χ3v) is 5.99. The number of halogens is 4. The topological polar surface area (TPSA) is 87.4 Å². The van der Waals surface area contributed by atoms with Gasteiger partial charge < -0.3 is 20.9 Å². The van der Waals surface area contributed by atoms with Gasteiger partial charge in [-0.2, -0.15) is 13.2 Å². The van der Waals surface area contributed by atoms with E-state index in [0.717, 1.165) is 17.7 Å². The first kappa shape index (κ1) is 23.8. The second kappa shape index (κ2) is 9.49. The summed E-state index contributed by atoms with van der Waals surface area (Å²) in [5.41, 5.74) is 7.18. The van der Waals surface area contributed by atoms with E-state index in [0.29, 0.717) is 29.1 Å². The van der Waals surface area contributed by atoms with Crippen molar-refractivity contribution in [3.8, 4) is 0 Å². The number of nitrogen functional groups attached to an aromatic ring is 1. The predicted octanol–water partition coefficient (Wildman–Crippen LogP) is 4.44. The van der Waals surface area contributed by atoms with E-state index in [-0.39, 0.29) is 18.1 Å². The predicted molar refractivity (Wildman–Crippen MR) is 127 cm³/mol. The minimum Gasteiger partial charge on any atom is -0.382 e. The fourth-order valence-electron chi connectivity index (χ4n) is 4.05. The summed E-state index contributed by atoms with van der Waals surface area (Å²) in [6.07, 6.45) is -3.49. The molecule has 1 aromatic heterocycles. The monoisotopic (exact) mass is 534 g/mol. The molecule has 7 nitrogen and oxygen atoms in total. The normalized spacial score (nSPS) is 15.4. The summed E-state index contributed by atoms with van der Waals surface area (Å²) in [5, 5.41) is 2.82. The van der Waals surface area contributed by atoms with Crippen molar-refractivity contribution in [2.24, 2.45) is 0 Å². The smallest absolute Gasteiger partial charge is 0.382 e. The van der Waals surface area contributed by atoms with E-state index < -0.39 is 23.8 Å². The fraction of sp³-hybridized carbons (Fsp3) is 0.261. The molecule has 3 aromatic rings. The van der Waals surface area contributed by atoms with Gasteiger partial charge in [-0.15, -0.1) is 0 Å². The van der Waals surface area contributed by atoms with Gasteiger partial charge in [-0.25, -0.2) is 9.97 Å². The van der Waals surface area contributed by atoms with E-state index >= 15 is 0 Å². The maximum absolute atomic E-state index is 13.4. The first-order valence-electron chi connectivity index (χ1n) is 10.5. The summed E-state index contributed by atoms with van der Waals surface area (Å²) in [6, 6.07) is 13.3. The van der Waals surface area contributed by atoms with Crippen molar-refractivity contribution in [3.63, 3.8) is 0 Å². The Kier molecular flexibility index (Phi) is 6.65. The number of benzene rings is 2. The van der Waals surface area contributed by atoms with Gasteiger partial charge in [0.25, 0.3) is 5.91 Å². The van der Waals surface area contributed by atoms with Gasteiger partial charge in [0.1, 0.15) is 10.8 Å². The number of nitrogens with two attached hydrogens (primary N) is 1. The number of hydrogen-bond donors (Lipinski definition) is 2. The number of carbonyl (C=O) groups excluding carboxylic acids is 1. The minimum atomic E-state index is -4.46. The van der Waals surface area contributed by atoms with Crippen LogP contribution < -0.4 is 20.9 Å². The maximum Gasteiger partial charge on any atom is 0.416 e.